The van der Waals surface area contributed by atoms with E-state index in [1.165, 1.54) is 29.5 Å². The number of nitrogens with one attached hydrogen (secondary N) is 1. The van der Waals surface area contributed by atoms with Gasteiger partial charge >= 0.3 is 0 Å². The summed E-state index contributed by atoms with van der Waals surface area (Å²) in [5, 5.41) is 16.8. The highest BCUT2D eigenvalue weighted by molar-refractivity contribution is 7.14. The number of carbonyl (C=O) groups excluding carboxylic acids is 1. The average molecular weight is 412 g/mol. The molecule has 1 amide bonds. The van der Waals surface area contributed by atoms with Crippen molar-refractivity contribution >= 4 is 22.4 Å². The molecule has 0 atom stereocenters. The summed E-state index contributed by atoms with van der Waals surface area (Å²) in [6.07, 6.45) is 0. The molecule has 0 radical (unpaired) electrons. The van der Waals surface area contributed by atoms with Gasteiger partial charge in [-0.2, -0.15) is 4.80 Å². The van der Waals surface area contributed by atoms with Crippen molar-refractivity contribution in [3.63, 3.8) is 0 Å². The minimum Gasteiger partial charge on any atom is -0.300 e. The Hall–Kier alpha value is -3.53. The number of halogens is 2. The highest BCUT2D eigenvalue weighted by Gasteiger charge is 2.12. The van der Waals surface area contributed by atoms with E-state index in [1.807, 2.05) is 0 Å². The lowest BCUT2D eigenvalue weighted by Gasteiger charge is -2.01. The molecule has 0 bridgehead atoms. The summed E-state index contributed by atoms with van der Waals surface area (Å²) in [5.41, 5.74) is 2.47. The molecule has 2 aromatic heterocycles. The first-order valence-electron chi connectivity index (χ1n) is 8.53. The summed E-state index contributed by atoms with van der Waals surface area (Å²) >= 11 is 1.25. The van der Waals surface area contributed by atoms with Crippen LogP contribution in [0, 0.1) is 18.6 Å². The standard InChI is InChI=1S/C19H14F2N6OS/c1-11-8-13(4-7-15(11)21)18-24-26-27(25-18)9-17(28)23-19-22-16(10-29-19)12-2-5-14(20)6-3-12/h2-8,10H,9H2,1H3,(H,22,23,28). The fourth-order valence-corrected chi connectivity index (χ4v) is 3.32. The summed E-state index contributed by atoms with van der Waals surface area (Å²) < 4.78 is 26.4. The van der Waals surface area contributed by atoms with Gasteiger partial charge in [-0.05, 0) is 60.2 Å². The van der Waals surface area contributed by atoms with E-state index in [4.69, 9.17) is 0 Å². The molecule has 4 aromatic rings. The van der Waals surface area contributed by atoms with E-state index in [2.05, 4.69) is 25.7 Å². The SMILES string of the molecule is Cc1cc(-c2nnn(CC(=O)Nc3nc(-c4ccc(F)cc4)cs3)n2)ccc1F. The molecule has 0 aliphatic rings. The summed E-state index contributed by atoms with van der Waals surface area (Å²) in [6, 6.07) is 10.4. The van der Waals surface area contributed by atoms with Crippen LogP contribution < -0.4 is 5.32 Å². The molecular weight excluding hydrogens is 398 g/mol. The van der Waals surface area contributed by atoms with Gasteiger partial charge in [0.05, 0.1) is 5.69 Å². The minimum atomic E-state index is -0.371. The number of aromatic nitrogens is 5. The van der Waals surface area contributed by atoms with Crippen molar-refractivity contribution in [2.45, 2.75) is 13.5 Å². The van der Waals surface area contributed by atoms with E-state index in [9.17, 15) is 13.6 Å². The fourth-order valence-electron chi connectivity index (χ4n) is 2.58. The second-order valence-electron chi connectivity index (χ2n) is 6.20. The Morgan fingerprint density at radius 3 is 2.66 bits per heavy atom. The minimum absolute atomic E-state index is 0.154. The van der Waals surface area contributed by atoms with Gasteiger partial charge in [0, 0.05) is 16.5 Å². The topological polar surface area (TPSA) is 85.6 Å². The quantitative estimate of drug-likeness (QED) is 0.540. The molecule has 0 saturated heterocycles. The molecule has 0 aliphatic heterocycles. The van der Waals surface area contributed by atoms with E-state index in [-0.39, 0.29) is 24.1 Å². The largest absolute Gasteiger partial charge is 0.300 e. The average Bonchev–Trinajstić information content (AvgIpc) is 3.34. The number of amides is 1. The molecule has 29 heavy (non-hydrogen) atoms. The van der Waals surface area contributed by atoms with Gasteiger partial charge in [-0.25, -0.2) is 13.8 Å². The number of hydrogen-bond acceptors (Lipinski definition) is 6. The van der Waals surface area contributed by atoms with Crippen LogP contribution in [0.4, 0.5) is 13.9 Å². The van der Waals surface area contributed by atoms with E-state index in [1.54, 1.807) is 36.6 Å². The van der Waals surface area contributed by atoms with Crippen LogP contribution in [0.25, 0.3) is 22.6 Å². The zero-order chi connectivity index (χ0) is 20.4. The number of carbonyl (C=O) groups is 1. The maximum Gasteiger partial charge on any atom is 0.249 e. The third kappa shape index (κ3) is 4.32. The van der Waals surface area contributed by atoms with Gasteiger partial charge in [0.15, 0.2) is 5.13 Å². The third-order valence-corrected chi connectivity index (χ3v) is 4.80. The molecule has 0 unspecified atom stereocenters. The highest BCUT2D eigenvalue weighted by atomic mass is 32.1. The third-order valence-electron chi connectivity index (χ3n) is 4.04. The molecule has 0 aliphatic carbocycles. The van der Waals surface area contributed by atoms with Crippen molar-refractivity contribution in [2.75, 3.05) is 5.32 Å². The van der Waals surface area contributed by atoms with Crippen LogP contribution in [0.3, 0.4) is 0 Å². The Kier molecular flexibility index (Phi) is 5.09. The van der Waals surface area contributed by atoms with Crippen LogP contribution in [0.2, 0.25) is 0 Å². The van der Waals surface area contributed by atoms with Crippen LogP contribution in [0.1, 0.15) is 5.56 Å². The van der Waals surface area contributed by atoms with Crippen molar-refractivity contribution in [1.29, 1.82) is 0 Å². The number of aryl methyl sites for hydroxylation is 1. The number of benzene rings is 2. The van der Waals surface area contributed by atoms with E-state index >= 15 is 0 Å². The number of rotatable bonds is 5. The van der Waals surface area contributed by atoms with Crippen LogP contribution in [0.5, 0.6) is 0 Å². The lowest BCUT2D eigenvalue weighted by molar-refractivity contribution is -0.117. The molecule has 10 heteroatoms. The predicted molar refractivity (Wildman–Crippen MR) is 104 cm³/mol. The Labute approximate surface area is 168 Å². The molecule has 0 fully saturated rings. The Morgan fingerprint density at radius 2 is 1.90 bits per heavy atom. The normalized spacial score (nSPS) is 10.9. The Morgan fingerprint density at radius 1 is 1.14 bits per heavy atom. The van der Waals surface area contributed by atoms with Crippen molar-refractivity contribution in [3.8, 4) is 22.6 Å². The molecule has 2 aromatic carbocycles. The van der Waals surface area contributed by atoms with Crippen LogP contribution >= 0.6 is 11.3 Å². The van der Waals surface area contributed by atoms with Gasteiger partial charge in [-0.15, -0.1) is 21.5 Å². The summed E-state index contributed by atoms with van der Waals surface area (Å²) in [6.45, 7) is 1.49. The first-order valence-corrected chi connectivity index (χ1v) is 9.41. The lowest BCUT2D eigenvalue weighted by atomic mass is 10.1. The van der Waals surface area contributed by atoms with Gasteiger partial charge in [0.1, 0.15) is 18.2 Å². The number of thiazole rings is 1. The Bertz CT molecular complexity index is 1170. The second-order valence-corrected chi connectivity index (χ2v) is 7.06. The second kappa shape index (κ2) is 7.84. The van der Waals surface area contributed by atoms with Crippen molar-refractivity contribution in [3.05, 3.63) is 65.0 Å². The molecule has 2 heterocycles. The zero-order valence-electron chi connectivity index (χ0n) is 15.1. The fraction of sp³-hybridized carbons (Fsp3) is 0.105. The first-order chi connectivity index (χ1) is 14.0. The van der Waals surface area contributed by atoms with Gasteiger partial charge in [-0.1, -0.05) is 0 Å². The summed E-state index contributed by atoms with van der Waals surface area (Å²) in [7, 11) is 0. The van der Waals surface area contributed by atoms with Crippen molar-refractivity contribution in [1.82, 2.24) is 25.2 Å². The first kappa shape index (κ1) is 18.8. The van der Waals surface area contributed by atoms with Gasteiger partial charge in [0.25, 0.3) is 0 Å². The predicted octanol–water partition coefficient (Wildman–Crippen LogP) is 3.69. The summed E-state index contributed by atoms with van der Waals surface area (Å²) in [4.78, 5) is 17.7. The molecule has 0 saturated carbocycles. The monoisotopic (exact) mass is 412 g/mol. The summed E-state index contributed by atoms with van der Waals surface area (Å²) in [5.74, 6) is -0.713. The molecule has 7 nitrogen and oxygen atoms in total. The number of anilines is 1. The molecule has 1 N–H and O–H groups in total. The lowest BCUT2D eigenvalue weighted by Crippen LogP contribution is -2.20. The van der Waals surface area contributed by atoms with E-state index in [0.29, 0.717) is 27.8 Å². The molecule has 4 rings (SSSR count). The van der Waals surface area contributed by atoms with Crippen molar-refractivity contribution in [2.24, 2.45) is 0 Å². The highest BCUT2D eigenvalue weighted by Crippen LogP contribution is 2.25. The van der Waals surface area contributed by atoms with E-state index in [0.717, 1.165) is 10.4 Å². The number of hydrogen-bond donors (Lipinski definition) is 1. The van der Waals surface area contributed by atoms with Crippen LogP contribution in [0.15, 0.2) is 47.8 Å². The van der Waals surface area contributed by atoms with Gasteiger partial charge < -0.3 is 5.32 Å². The Balaban J connectivity index is 1.41. The smallest absolute Gasteiger partial charge is 0.249 e. The van der Waals surface area contributed by atoms with Crippen molar-refractivity contribution < 1.29 is 13.6 Å². The van der Waals surface area contributed by atoms with Crippen LogP contribution in [-0.2, 0) is 11.3 Å². The van der Waals surface area contributed by atoms with Crippen LogP contribution in [-0.4, -0.2) is 31.1 Å². The molecule has 0 spiro atoms. The van der Waals surface area contributed by atoms with Gasteiger partial charge in [-0.3, -0.25) is 4.79 Å². The van der Waals surface area contributed by atoms with E-state index < -0.39 is 0 Å². The molecule has 146 valence electrons. The maximum atomic E-state index is 13.4. The number of nitrogens with zero attached hydrogens (tertiary/aromatic N) is 5. The van der Waals surface area contributed by atoms with Gasteiger partial charge in [0.2, 0.25) is 11.7 Å². The molecular formula is C19H14F2N6OS. The number of tetrazole rings is 1. The maximum absolute atomic E-state index is 13.4. The zero-order valence-corrected chi connectivity index (χ0v) is 16.0.